The van der Waals surface area contributed by atoms with E-state index in [1.54, 1.807) is 10.6 Å². The van der Waals surface area contributed by atoms with Crippen molar-refractivity contribution in [3.63, 3.8) is 0 Å². The van der Waals surface area contributed by atoms with Gasteiger partial charge in [-0.3, -0.25) is 24.0 Å². The van der Waals surface area contributed by atoms with Gasteiger partial charge in [0.15, 0.2) is 0 Å². The summed E-state index contributed by atoms with van der Waals surface area (Å²) in [6, 6.07) is 3.86. The predicted octanol–water partition coefficient (Wildman–Crippen LogP) is 1.28. The van der Waals surface area contributed by atoms with Crippen LogP contribution in [0.15, 0.2) is 28.1 Å². The molecule has 2 aromatic heterocycles. The maximum absolute atomic E-state index is 13.2. The summed E-state index contributed by atoms with van der Waals surface area (Å²) in [5.41, 5.74) is 2.10. The van der Waals surface area contributed by atoms with Crippen molar-refractivity contribution in [3.8, 4) is 0 Å². The molecule has 180 valence electrons. The molecule has 0 bridgehead atoms. The number of nitrogens with one attached hydrogen (secondary N) is 1. The van der Waals surface area contributed by atoms with Gasteiger partial charge in [-0.05, 0) is 37.9 Å². The standard InChI is InChI=1S/C24H36N6O3/c1-20-4-5-22-27-23(26-7-3-9-29-12-16-33-17-13-29)21(24(31)30(22)19-20)18-25-6-2-8-28-10-14-32-15-11-28/h4-5,18-19,26H,2-3,6-17H2,1H3. The van der Waals surface area contributed by atoms with Crippen LogP contribution in [0, 0.1) is 6.92 Å². The van der Waals surface area contributed by atoms with Gasteiger partial charge in [-0.1, -0.05) is 6.07 Å². The van der Waals surface area contributed by atoms with E-state index in [4.69, 9.17) is 14.5 Å². The third-order valence-electron chi connectivity index (χ3n) is 6.14. The molecule has 2 aliphatic heterocycles. The molecule has 0 aliphatic carbocycles. The highest BCUT2D eigenvalue weighted by Gasteiger charge is 2.13. The fourth-order valence-corrected chi connectivity index (χ4v) is 4.21. The van der Waals surface area contributed by atoms with Gasteiger partial charge in [0, 0.05) is 58.2 Å². The smallest absolute Gasteiger partial charge is 0.268 e. The number of hydrogen-bond acceptors (Lipinski definition) is 8. The number of rotatable bonds is 10. The minimum atomic E-state index is -0.0868. The zero-order chi connectivity index (χ0) is 22.9. The first-order valence-corrected chi connectivity index (χ1v) is 12.1. The fourth-order valence-electron chi connectivity index (χ4n) is 4.21. The van der Waals surface area contributed by atoms with E-state index in [1.165, 1.54) is 0 Å². The predicted molar refractivity (Wildman–Crippen MR) is 131 cm³/mol. The maximum Gasteiger partial charge on any atom is 0.268 e. The summed E-state index contributed by atoms with van der Waals surface area (Å²) in [6.07, 6.45) is 5.47. The summed E-state index contributed by atoms with van der Waals surface area (Å²) in [5.74, 6) is 0.614. The van der Waals surface area contributed by atoms with Crippen molar-refractivity contribution in [1.82, 2.24) is 19.2 Å². The molecule has 2 saturated heterocycles. The molecule has 0 saturated carbocycles. The Morgan fingerprint density at radius 3 is 2.39 bits per heavy atom. The second-order valence-corrected chi connectivity index (χ2v) is 8.69. The van der Waals surface area contributed by atoms with Gasteiger partial charge in [-0.25, -0.2) is 4.98 Å². The summed E-state index contributed by atoms with van der Waals surface area (Å²) in [6.45, 7) is 12.6. The van der Waals surface area contributed by atoms with E-state index in [-0.39, 0.29) is 5.56 Å². The Morgan fingerprint density at radius 2 is 1.70 bits per heavy atom. The van der Waals surface area contributed by atoms with Crippen molar-refractivity contribution < 1.29 is 9.47 Å². The minimum absolute atomic E-state index is 0.0868. The molecule has 1 N–H and O–H groups in total. The average molecular weight is 457 g/mol. The quantitative estimate of drug-likeness (QED) is 0.426. The van der Waals surface area contributed by atoms with Crippen LogP contribution in [0.2, 0.25) is 0 Å². The Morgan fingerprint density at radius 1 is 1.03 bits per heavy atom. The number of aryl methyl sites for hydroxylation is 1. The zero-order valence-electron chi connectivity index (χ0n) is 19.7. The molecule has 4 heterocycles. The van der Waals surface area contributed by atoms with Gasteiger partial charge >= 0.3 is 0 Å². The largest absolute Gasteiger partial charge is 0.379 e. The summed E-state index contributed by atoms with van der Waals surface area (Å²) in [7, 11) is 0. The summed E-state index contributed by atoms with van der Waals surface area (Å²) >= 11 is 0. The van der Waals surface area contributed by atoms with Crippen LogP contribution >= 0.6 is 0 Å². The van der Waals surface area contributed by atoms with Crippen molar-refractivity contribution in [3.05, 3.63) is 39.8 Å². The summed E-state index contributed by atoms with van der Waals surface area (Å²) in [5, 5.41) is 3.40. The van der Waals surface area contributed by atoms with E-state index in [1.807, 2.05) is 25.3 Å². The van der Waals surface area contributed by atoms with Crippen LogP contribution in [-0.4, -0.2) is 104 Å². The maximum atomic E-state index is 13.2. The summed E-state index contributed by atoms with van der Waals surface area (Å²) in [4.78, 5) is 27.4. The lowest BCUT2D eigenvalue weighted by Crippen LogP contribution is -2.37. The second-order valence-electron chi connectivity index (χ2n) is 8.69. The SMILES string of the molecule is Cc1ccc2nc(NCCCN3CCOCC3)c(C=NCCCN3CCOCC3)c(=O)n2c1. The molecule has 2 aromatic rings. The highest BCUT2D eigenvalue weighted by atomic mass is 16.5. The van der Waals surface area contributed by atoms with Crippen LogP contribution in [0.5, 0.6) is 0 Å². The Hall–Kier alpha value is -2.33. The molecular weight excluding hydrogens is 420 g/mol. The number of morpholine rings is 2. The molecule has 0 radical (unpaired) electrons. The highest BCUT2D eigenvalue weighted by molar-refractivity contribution is 5.86. The van der Waals surface area contributed by atoms with Crippen LogP contribution in [0.1, 0.15) is 24.0 Å². The molecule has 2 fully saturated rings. The zero-order valence-corrected chi connectivity index (χ0v) is 19.7. The number of nitrogens with zero attached hydrogens (tertiary/aromatic N) is 5. The van der Waals surface area contributed by atoms with E-state index in [0.717, 1.165) is 90.6 Å². The fraction of sp³-hybridized carbons (Fsp3) is 0.625. The number of pyridine rings is 1. The monoisotopic (exact) mass is 456 g/mol. The number of aromatic nitrogens is 2. The lowest BCUT2D eigenvalue weighted by molar-refractivity contribution is 0.0377. The van der Waals surface area contributed by atoms with Crippen molar-refractivity contribution in [2.24, 2.45) is 4.99 Å². The number of fused-ring (bicyclic) bond motifs is 1. The first-order chi connectivity index (χ1) is 16.2. The molecule has 9 heteroatoms. The van der Waals surface area contributed by atoms with Gasteiger partial charge in [-0.2, -0.15) is 0 Å². The van der Waals surface area contributed by atoms with Crippen molar-refractivity contribution in [2.45, 2.75) is 19.8 Å². The van der Waals surface area contributed by atoms with Gasteiger partial charge in [-0.15, -0.1) is 0 Å². The molecule has 0 atom stereocenters. The first-order valence-electron chi connectivity index (χ1n) is 12.1. The third-order valence-corrected chi connectivity index (χ3v) is 6.14. The van der Waals surface area contributed by atoms with Crippen LogP contribution in [0.4, 0.5) is 5.82 Å². The molecule has 9 nitrogen and oxygen atoms in total. The number of anilines is 1. The minimum Gasteiger partial charge on any atom is -0.379 e. The third kappa shape index (κ3) is 6.83. The molecule has 0 amide bonds. The molecule has 2 aliphatic rings. The van der Waals surface area contributed by atoms with Gasteiger partial charge < -0.3 is 14.8 Å². The highest BCUT2D eigenvalue weighted by Crippen LogP contribution is 2.11. The van der Waals surface area contributed by atoms with Gasteiger partial charge in [0.25, 0.3) is 5.56 Å². The summed E-state index contributed by atoms with van der Waals surface area (Å²) < 4.78 is 12.4. The second kappa shape index (κ2) is 12.2. The first kappa shape index (κ1) is 23.8. The van der Waals surface area contributed by atoms with E-state index in [0.29, 0.717) is 23.6 Å². The molecule has 0 spiro atoms. The van der Waals surface area contributed by atoms with E-state index in [9.17, 15) is 4.79 Å². The average Bonchev–Trinajstić information content (AvgIpc) is 2.85. The number of hydrogen-bond donors (Lipinski definition) is 1. The molecule has 0 unspecified atom stereocenters. The Kier molecular flexibility index (Phi) is 8.82. The van der Waals surface area contributed by atoms with Crippen molar-refractivity contribution >= 4 is 17.7 Å². The lowest BCUT2D eigenvalue weighted by Gasteiger charge is -2.26. The topological polar surface area (TPSA) is 83.7 Å². The van der Waals surface area contributed by atoms with E-state index < -0.39 is 0 Å². The normalized spacial score (nSPS) is 18.3. The van der Waals surface area contributed by atoms with Crippen LogP contribution in [-0.2, 0) is 9.47 Å². The number of ether oxygens (including phenoxy) is 2. The Bertz CT molecular complexity index is 980. The van der Waals surface area contributed by atoms with E-state index >= 15 is 0 Å². The van der Waals surface area contributed by atoms with Crippen LogP contribution in [0.3, 0.4) is 0 Å². The Balaban J connectivity index is 1.40. The van der Waals surface area contributed by atoms with Crippen molar-refractivity contribution in [2.75, 3.05) is 84.1 Å². The van der Waals surface area contributed by atoms with Crippen molar-refractivity contribution in [1.29, 1.82) is 0 Å². The number of aliphatic imine (C=N–C) groups is 1. The van der Waals surface area contributed by atoms with Gasteiger partial charge in [0.05, 0.1) is 26.4 Å². The molecule has 0 aromatic carbocycles. The van der Waals surface area contributed by atoms with Crippen LogP contribution in [0.25, 0.3) is 5.65 Å². The van der Waals surface area contributed by atoms with E-state index in [2.05, 4.69) is 20.1 Å². The molecule has 4 rings (SSSR count). The van der Waals surface area contributed by atoms with Gasteiger partial charge in [0.2, 0.25) is 0 Å². The Labute approximate surface area is 195 Å². The van der Waals surface area contributed by atoms with Gasteiger partial charge in [0.1, 0.15) is 17.0 Å². The molecular formula is C24H36N6O3. The van der Waals surface area contributed by atoms with Crippen LogP contribution < -0.4 is 10.9 Å². The lowest BCUT2D eigenvalue weighted by atomic mass is 10.2. The molecule has 33 heavy (non-hydrogen) atoms.